The summed E-state index contributed by atoms with van der Waals surface area (Å²) in [5, 5.41) is 7.92. The molecule has 0 amide bonds. The lowest BCUT2D eigenvalue weighted by Gasteiger charge is -2.02. The standard InChI is InChI=1S/C13H16ClN3OS/c1-9(2)15-7-13-16-12(17-18-13)8-19-11-5-3-4-10(14)6-11/h3-6,9,15H,7-8H2,1-2H3. The molecule has 0 atom stereocenters. The third-order valence-corrected chi connectivity index (χ3v) is 3.56. The minimum atomic E-state index is 0.399. The summed E-state index contributed by atoms with van der Waals surface area (Å²) in [6, 6.07) is 8.12. The van der Waals surface area contributed by atoms with E-state index in [1.54, 1.807) is 11.8 Å². The van der Waals surface area contributed by atoms with Gasteiger partial charge in [-0.05, 0) is 18.2 Å². The summed E-state index contributed by atoms with van der Waals surface area (Å²) >= 11 is 7.57. The quantitative estimate of drug-likeness (QED) is 0.827. The summed E-state index contributed by atoms with van der Waals surface area (Å²) in [6.07, 6.45) is 0. The fourth-order valence-electron chi connectivity index (χ4n) is 1.42. The maximum atomic E-state index is 5.93. The highest BCUT2D eigenvalue weighted by atomic mass is 35.5. The first-order chi connectivity index (χ1) is 9.13. The van der Waals surface area contributed by atoms with Crippen LogP contribution in [0.2, 0.25) is 5.02 Å². The Labute approximate surface area is 121 Å². The molecule has 0 aliphatic carbocycles. The van der Waals surface area contributed by atoms with Crippen molar-refractivity contribution in [2.75, 3.05) is 0 Å². The van der Waals surface area contributed by atoms with Crippen molar-refractivity contribution >= 4 is 23.4 Å². The van der Waals surface area contributed by atoms with E-state index in [9.17, 15) is 0 Å². The van der Waals surface area contributed by atoms with Crippen LogP contribution in [0.5, 0.6) is 0 Å². The summed E-state index contributed by atoms with van der Waals surface area (Å²) in [5.41, 5.74) is 0. The van der Waals surface area contributed by atoms with E-state index in [-0.39, 0.29) is 0 Å². The van der Waals surface area contributed by atoms with Crippen LogP contribution < -0.4 is 5.32 Å². The highest BCUT2D eigenvalue weighted by molar-refractivity contribution is 7.98. The van der Waals surface area contributed by atoms with Gasteiger partial charge in [0.2, 0.25) is 5.89 Å². The second kappa shape index (κ2) is 6.93. The van der Waals surface area contributed by atoms with Gasteiger partial charge in [-0.25, -0.2) is 0 Å². The molecule has 1 aromatic heterocycles. The number of hydrogen-bond donors (Lipinski definition) is 1. The van der Waals surface area contributed by atoms with Gasteiger partial charge in [0.05, 0.1) is 12.3 Å². The van der Waals surface area contributed by atoms with E-state index in [0.29, 0.717) is 30.1 Å². The Balaban J connectivity index is 1.86. The Morgan fingerprint density at radius 1 is 1.42 bits per heavy atom. The van der Waals surface area contributed by atoms with Crippen LogP contribution >= 0.6 is 23.4 Å². The Kier molecular flexibility index (Phi) is 5.24. The zero-order chi connectivity index (χ0) is 13.7. The van der Waals surface area contributed by atoms with E-state index >= 15 is 0 Å². The summed E-state index contributed by atoms with van der Waals surface area (Å²) in [6.45, 7) is 4.76. The monoisotopic (exact) mass is 297 g/mol. The molecule has 0 aliphatic heterocycles. The first-order valence-electron chi connectivity index (χ1n) is 6.06. The minimum absolute atomic E-state index is 0.399. The normalized spacial score (nSPS) is 11.2. The van der Waals surface area contributed by atoms with Crippen LogP contribution in [0.15, 0.2) is 33.7 Å². The van der Waals surface area contributed by atoms with Crippen LogP contribution in [-0.4, -0.2) is 16.2 Å². The van der Waals surface area contributed by atoms with Gasteiger partial charge in [0, 0.05) is 16.0 Å². The maximum Gasteiger partial charge on any atom is 0.240 e. The molecular weight excluding hydrogens is 282 g/mol. The van der Waals surface area contributed by atoms with Crippen molar-refractivity contribution in [1.82, 2.24) is 15.5 Å². The largest absolute Gasteiger partial charge is 0.338 e. The van der Waals surface area contributed by atoms with Crippen LogP contribution in [0.4, 0.5) is 0 Å². The summed E-state index contributed by atoms with van der Waals surface area (Å²) < 4.78 is 5.16. The zero-order valence-corrected chi connectivity index (χ0v) is 12.5. The molecule has 0 radical (unpaired) electrons. The topological polar surface area (TPSA) is 51.0 Å². The third-order valence-electron chi connectivity index (χ3n) is 2.34. The van der Waals surface area contributed by atoms with E-state index in [2.05, 4.69) is 29.3 Å². The van der Waals surface area contributed by atoms with Gasteiger partial charge in [-0.1, -0.05) is 36.7 Å². The molecule has 4 nitrogen and oxygen atoms in total. The van der Waals surface area contributed by atoms with E-state index in [0.717, 1.165) is 9.92 Å². The van der Waals surface area contributed by atoms with Gasteiger partial charge in [0.15, 0.2) is 5.82 Å². The average molecular weight is 298 g/mol. The first-order valence-corrected chi connectivity index (χ1v) is 7.43. The van der Waals surface area contributed by atoms with Gasteiger partial charge >= 0.3 is 0 Å². The molecule has 0 fully saturated rings. The SMILES string of the molecule is CC(C)NCc1nc(CSc2cccc(Cl)c2)no1. The van der Waals surface area contributed by atoms with Crippen LogP contribution in [0.1, 0.15) is 25.6 Å². The number of thioether (sulfide) groups is 1. The second-order valence-corrected chi connectivity index (χ2v) is 5.87. The van der Waals surface area contributed by atoms with Gasteiger partial charge < -0.3 is 9.84 Å². The van der Waals surface area contributed by atoms with Gasteiger partial charge in [0.25, 0.3) is 0 Å². The van der Waals surface area contributed by atoms with E-state index in [4.69, 9.17) is 16.1 Å². The maximum absolute atomic E-state index is 5.93. The molecule has 1 aromatic carbocycles. The van der Waals surface area contributed by atoms with E-state index in [1.165, 1.54) is 0 Å². The molecule has 0 unspecified atom stereocenters. The number of hydrogen-bond acceptors (Lipinski definition) is 5. The van der Waals surface area contributed by atoms with Crippen LogP contribution in [-0.2, 0) is 12.3 Å². The molecule has 6 heteroatoms. The molecule has 0 spiro atoms. The van der Waals surface area contributed by atoms with Crippen molar-refractivity contribution in [3.63, 3.8) is 0 Å². The van der Waals surface area contributed by atoms with Crippen molar-refractivity contribution in [1.29, 1.82) is 0 Å². The van der Waals surface area contributed by atoms with E-state index < -0.39 is 0 Å². The number of benzene rings is 1. The van der Waals surface area contributed by atoms with E-state index in [1.807, 2.05) is 24.3 Å². The van der Waals surface area contributed by atoms with Gasteiger partial charge in [-0.15, -0.1) is 11.8 Å². The predicted molar refractivity (Wildman–Crippen MR) is 77.3 cm³/mol. The Hall–Kier alpha value is -1.04. The molecule has 2 aromatic rings. The average Bonchev–Trinajstić information content (AvgIpc) is 2.82. The lowest BCUT2D eigenvalue weighted by Crippen LogP contribution is -2.21. The van der Waals surface area contributed by atoms with Crippen molar-refractivity contribution in [2.45, 2.75) is 37.1 Å². The molecule has 1 N–H and O–H groups in total. The smallest absolute Gasteiger partial charge is 0.240 e. The van der Waals surface area contributed by atoms with Crippen molar-refractivity contribution in [2.24, 2.45) is 0 Å². The van der Waals surface area contributed by atoms with Gasteiger partial charge in [-0.2, -0.15) is 4.98 Å². The molecule has 2 rings (SSSR count). The Morgan fingerprint density at radius 2 is 2.26 bits per heavy atom. The molecular formula is C13H16ClN3OS. The summed E-state index contributed by atoms with van der Waals surface area (Å²) in [4.78, 5) is 5.42. The lowest BCUT2D eigenvalue weighted by atomic mass is 10.4. The highest BCUT2D eigenvalue weighted by Gasteiger charge is 2.07. The van der Waals surface area contributed by atoms with Crippen LogP contribution in [0.3, 0.4) is 0 Å². The molecule has 0 saturated heterocycles. The number of halogens is 1. The fraction of sp³-hybridized carbons (Fsp3) is 0.385. The molecule has 0 saturated carbocycles. The fourth-order valence-corrected chi connectivity index (χ4v) is 2.47. The van der Waals surface area contributed by atoms with Crippen molar-refractivity contribution in [3.8, 4) is 0 Å². The number of rotatable bonds is 6. The Bertz CT molecular complexity index is 530. The van der Waals surface area contributed by atoms with Crippen molar-refractivity contribution in [3.05, 3.63) is 41.0 Å². The zero-order valence-electron chi connectivity index (χ0n) is 10.9. The summed E-state index contributed by atoms with van der Waals surface area (Å²) in [5.74, 6) is 1.99. The molecule has 19 heavy (non-hydrogen) atoms. The van der Waals surface area contributed by atoms with Crippen LogP contribution in [0, 0.1) is 0 Å². The van der Waals surface area contributed by atoms with Crippen LogP contribution in [0.25, 0.3) is 0 Å². The van der Waals surface area contributed by atoms with Gasteiger partial charge in [-0.3, -0.25) is 0 Å². The Morgan fingerprint density at radius 3 is 3.00 bits per heavy atom. The highest BCUT2D eigenvalue weighted by Crippen LogP contribution is 2.24. The van der Waals surface area contributed by atoms with Crippen molar-refractivity contribution < 1.29 is 4.52 Å². The number of nitrogens with zero attached hydrogens (tertiary/aromatic N) is 2. The molecule has 102 valence electrons. The predicted octanol–water partition coefficient (Wildman–Crippen LogP) is 3.51. The molecule has 0 bridgehead atoms. The summed E-state index contributed by atoms with van der Waals surface area (Å²) in [7, 11) is 0. The molecule has 1 heterocycles. The number of aromatic nitrogens is 2. The number of nitrogens with one attached hydrogen (secondary N) is 1. The molecule has 0 aliphatic rings. The second-order valence-electron chi connectivity index (χ2n) is 4.39. The first kappa shape index (κ1) is 14.4. The van der Waals surface area contributed by atoms with Gasteiger partial charge in [0.1, 0.15) is 0 Å². The minimum Gasteiger partial charge on any atom is -0.338 e. The third kappa shape index (κ3) is 4.86. The lowest BCUT2D eigenvalue weighted by molar-refractivity contribution is 0.358.